The lowest BCUT2D eigenvalue weighted by Gasteiger charge is -2.16. The van der Waals surface area contributed by atoms with Crippen LogP contribution in [0.2, 0.25) is 10.0 Å². The van der Waals surface area contributed by atoms with E-state index in [1.807, 2.05) is 61.5 Å². The Balaban J connectivity index is 1.91. The van der Waals surface area contributed by atoms with Gasteiger partial charge in [-0.3, -0.25) is 0 Å². The summed E-state index contributed by atoms with van der Waals surface area (Å²) in [6.07, 6.45) is 0. The first-order valence-electron chi connectivity index (χ1n) is 7.62. The van der Waals surface area contributed by atoms with Crippen molar-refractivity contribution in [1.82, 2.24) is 9.97 Å². The van der Waals surface area contributed by atoms with E-state index < -0.39 is 0 Å². The summed E-state index contributed by atoms with van der Waals surface area (Å²) >= 11 is 12.0. The number of nitrogens with one attached hydrogen (secondary N) is 2. The van der Waals surface area contributed by atoms with E-state index in [4.69, 9.17) is 23.2 Å². The van der Waals surface area contributed by atoms with Crippen LogP contribution in [0.15, 0.2) is 54.6 Å². The predicted molar refractivity (Wildman–Crippen MR) is 106 cm³/mol. The molecule has 0 unspecified atom stereocenters. The molecule has 0 aliphatic heterocycles. The molecular formula is C18H17Cl2N5. The zero-order valence-corrected chi connectivity index (χ0v) is 15.3. The number of halogens is 2. The molecule has 1 aromatic heterocycles. The summed E-state index contributed by atoms with van der Waals surface area (Å²) in [5.41, 5.74) is 1.71. The van der Waals surface area contributed by atoms with Crippen molar-refractivity contribution in [1.29, 1.82) is 0 Å². The highest BCUT2D eigenvalue weighted by molar-refractivity contribution is 6.42. The van der Waals surface area contributed by atoms with E-state index in [-0.39, 0.29) is 0 Å². The molecule has 0 saturated carbocycles. The highest BCUT2D eigenvalue weighted by Gasteiger charge is 2.08. The molecule has 0 saturated heterocycles. The third-order valence-corrected chi connectivity index (χ3v) is 4.13. The average molecular weight is 374 g/mol. The summed E-state index contributed by atoms with van der Waals surface area (Å²) in [4.78, 5) is 11.0. The number of aromatic nitrogens is 2. The van der Waals surface area contributed by atoms with Gasteiger partial charge in [-0.25, -0.2) is 0 Å². The fourth-order valence-electron chi connectivity index (χ4n) is 2.16. The van der Waals surface area contributed by atoms with Crippen molar-refractivity contribution in [2.45, 2.75) is 0 Å². The molecule has 1 heterocycles. The molecule has 128 valence electrons. The number of rotatable bonds is 5. The summed E-state index contributed by atoms with van der Waals surface area (Å²) in [5, 5.41) is 7.43. The maximum absolute atomic E-state index is 6.08. The van der Waals surface area contributed by atoms with Crippen LogP contribution in [0.5, 0.6) is 0 Å². The summed E-state index contributed by atoms with van der Waals surface area (Å²) in [6, 6.07) is 17.0. The van der Waals surface area contributed by atoms with Gasteiger partial charge in [-0.05, 0) is 30.3 Å². The number of nitrogens with zero attached hydrogens (tertiary/aromatic N) is 3. The summed E-state index contributed by atoms with van der Waals surface area (Å²) < 4.78 is 0. The van der Waals surface area contributed by atoms with E-state index in [2.05, 4.69) is 20.6 Å². The van der Waals surface area contributed by atoms with Crippen LogP contribution in [-0.4, -0.2) is 24.1 Å². The van der Waals surface area contributed by atoms with Gasteiger partial charge in [-0.2, -0.15) is 9.97 Å². The van der Waals surface area contributed by atoms with Gasteiger partial charge in [-0.1, -0.05) is 41.4 Å². The van der Waals surface area contributed by atoms with Crippen LogP contribution >= 0.6 is 23.2 Å². The Hall–Kier alpha value is -2.50. The third-order valence-electron chi connectivity index (χ3n) is 3.39. The maximum atomic E-state index is 6.08. The molecule has 2 N–H and O–H groups in total. The Morgan fingerprint density at radius 2 is 1.56 bits per heavy atom. The van der Waals surface area contributed by atoms with Crippen molar-refractivity contribution in [2.24, 2.45) is 0 Å². The minimum absolute atomic E-state index is 0.483. The van der Waals surface area contributed by atoms with Crippen molar-refractivity contribution in [3.8, 4) is 0 Å². The highest BCUT2D eigenvalue weighted by atomic mass is 35.5. The first-order valence-corrected chi connectivity index (χ1v) is 8.37. The molecule has 0 atom stereocenters. The van der Waals surface area contributed by atoms with Gasteiger partial charge in [0.25, 0.3) is 0 Å². The largest absolute Gasteiger partial charge is 0.363 e. The van der Waals surface area contributed by atoms with E-state index in [9.17, 15) is 0 Å². The fraction of sp³-hybridized carbons (Fsp3) is 0.111. The number of hydrogen-bond acceptors (Lipinski definition) is 5. The second-order valence-electron chi connectivity index (χ2n) is 5.57. The van der Waals surface area contributed by atoms with Gasteiger partial charge in [0.15, 0.2) is 0 Å². The van der Waals surface area contributed by atoms with Crippen molar-refractivity contribution in [2.75, 3.05) is 29.6 Å². The van der Waals surface area contributed by atoms with Gasteiger partial charge in [0.05, 0.1) is 10.0 Å². The molecule has 0 aliphatic carbocycles. The van der Waals surface area contributed by atoms with Gasteiger partial charge < -0.3 is 15.5 Å². The molecule has 7 heteroatoms. The molecule has 3 rings (SSSR count). The molecule has 3 aromatic rings. The molecule has 5 nitrogen and oxygen atoms in total. The number of benzene rings is 2. The van der Waals surface area contributed by atoms with Gasteiger partial charge in [-0.15, -0.1) is 0 Å². The first kappa shape index (κ1) is 17.3. The summed E-state index contributed by atoms with van der Waals surface area (Å²) in [6.45, 7) is 0. The molecule has 2 aromatic carbocycles. The lowest BCUT2D eigenvalue weighted by molar-refractivity contribution is 1.04. The van der Waals surface area contributed by atoms with Crippen LogP contribution in [0.25, 0.3) is 0 Å². The molecule has 0 spiro atoms. The fourth-order valence-corrected chi connectivity index (χ4v) is 2.45. The first-order chi connectivity index (χ1) is 12.0. The van der Waals surface area contributed by atoms with Crippen LogP contribution in [0.1, 0.15) is 0 Å². The van der Waals surface area contributed by atoms with Crippen molar-refractivity contribution in [3.63, 3.8) is 0 Å². The number of hydrogen-bond donors (Lipinski definition) is 2. The van der Waals surface area contributed by atoms with Crippen LogP contribution in [-0.2, 0) is 0 Å². The summed E-state index contributed by atoms with van der Waals surface area (Å²) in [7, 11) is 3.86. The molecule has 0 bridgehead atoms. The van der Waals surface area contributed by atoms with E-state index in [0.29, 0.717) is 21.8 Å². The maximum Gasteiger partial charge on any atom is 0.231 e. The molecular weight excluding hydrogens is 357 g/mol. The minimum atomic E-state index is 0.483. The zero-order valence-electron chi connectivity index (χ0n) is 13.8. The molecule has 0 aliphatic rings. The van der Waals surface area contributed by atoms with E-state index in [1.165, 1.54) is 0 Å². The van der Waals surface area contributed by atoms with E-state index in [1.54, 1.807) is 12.1 Å². The molecule has 0 amide bonds. The lowest BCUT2D eigenvalue weighted by Crippen LogP contribution is -2.13. The van der Waals surface area contributed by atoms with E-state index >= 15 is 0 Å². The Morgan fingerprint density at radius 1 is 0.800 bits per heavy atom. The van der Waals surface area contributed by atoms with Crippen LogP contribution in [0.4, 0.5) is 29.0 Å². The Kier molecular flexibility index (Phi) is 5.26. The van der Waals surface area contributed by atoms with Crippen molar-refractivity contribution < 1.29 is 0 Å². The average Bonchev–Trinajstić information content (AvgIpc) is 2.59. The highest BCUT2D eigenvalue weighted by Crippen LogP contribution is 2.28. The molecule has 25 heavy (non-hydrogen) atoms. The quantitative estimate of drug-likeness (QED) is 0.632. The minimum Gasteiger partial charge on any atom is -0.363 e. The van der Waals surface area contributed by atoms with E-state index in [0.717, 1.165) is 17.2 Å². The second kappa shape index (κ2) is 7.59. The SMILES string of the molecule is CN(C)c1cc(Nc2ccc(Cl)c(Cl)c2)nc(Nc2ccccc2)n1. The van der Waals surface area contributed by atoms with Gasteiger partial charge in [0.1, 0.15) is 11.6 Å². The molecule has 0 fully saturated rings. The predicted octanol–water partition coefficient (Wildman–Crippen LogP) is 5.34. The van der Waals surface area contributed by atoms with Crippen LogP contribution < -0.4 is 15.5 Å². The van der Waals surface area contributed by atoms with Crippen LogP contribution in [0, 0.1) is 0 Å². The number of para-hydroxylation sites is 1. The Labute approximate surface area is 156 Å². The van der Waals surface area contributed by atoms with Crippen molar-refractivity contribution in [3.05, 3.63) is 64.6 Å². The van der Waals surface area contributed by atoms with Gasteiger partial charge in [0, 0.05) is 31.5 Å². The van der Waals surface area contributed by atoms with Crippen molar-refractivity contribution >= 4 is 52.2 Å². The third kappa shape index (κ3) is 4.53. The monoisotopic (exact) mass is 373 g/mol. The zero-order chi connectivity index (χ0) is 17.8. The Bertz CT molecular complexity index is 869. The Morgan fingerprint density at radius 3 is 2.24 bits per heavy atom. The lowest BCUT2D eigenvalue weighted by atomic mass is 10.3. The number of anilines is 5. The second-order valence-corrected chi connectivity index (χ2v) is 6.39. The van der Waals surface area contributed by atoms with Gasteiger partial charge in [0.2, 0.25) is 5.95 Å². The standard InChI is InChI=1S/C18H17Cl2N5/c1-25(2)17-11-16(21-13-8-9-14(19)15(20)10-13)23-18(24-17)22-12-6-4-3-5-7-12/h3-11H,1-2H3,(H2,21,22,23,24). The topological polar surface area (TPSA) is 53.1 Å². The smallest absolute Gasteiger partial charge is 0.231 e. The normalized spacial score (nSPS) is 10.4. The molecule has 0 radical (unpaired) electrons. The van der Waals surface area contributed by atoms with Gasteiger partial charge >= 0.3 is 0 Å². The van der Waals surface area contributed by atoms with Crippen LogP contribution in [0.3, 0.4) is 0 Å². The summed E-state index contributed by atoms with van der Waals surface area (Å²) in [5.74, 6) is 1.92.